The molecule has 2 saturated heterocycles. The molecule has 7 rings (SSSR count). The number of ether oxygens (including phenoxy) is 1. The third-order valence-electron chi connectivity index (χ3n) is 9.17. The lowest BCUT2D eigenvalue weighted by atomic mass is 9.81. The number of alkyl halides is 1. The van der Waals surface area contributed by atoms with E-state index in [1.807, 2.05) is 37.8 Å². The molecule has 18 heteroatoms. The summed E-state index contributed by atoms with van der Waals surface area (Å²) in [5.41, 5.74) is 9.39. The molecule has 0 bridgehead atoms. The van der Waals surface area contributed by atoms with Crippen LogP contribution in [-0.2, 0) is 4.74 Å². The van der Waals surface area contributed by atoms with Gasteiger partial charge in [0.25, 0.3) is 0 Å². The Morgan fingerprint density at radius 1 is 1.02 bits per heavy atom. The van der Waals surface area contributed by atoms with Gasteiger partial charge in [0.2, 0.25) is 0 Å². The first-order valence-corrected chi connectivity index (χ1v) is 21.6. The SMILES string of the molecule is CB(O)N1CCC(C(N)=S)CC1.CC(C)(C)OC(=O)N1CCC(c2nc(-c3c[nH]c4ncc(Br)cc34)cs2)CC1.O=C(CBr)c1c[nH]c2ncc(Br)cc12. The molecular formula is C36H44BBr3N8O4S2. The summed E-state index contributed by atoms with van der Waals surface area (Å²) in [6.07, 6.45) is 10.7. The number of nitrogens with one attached hydrogen (secondary N) is 2. The number of piperidine rings is 2. The Bertz CT molecular complexity index is 2070. The molecule has 0 unspecified atom stereocenters. The largest absolute Gasteiger partial charge is 0.444 e. The molecule has 0 radical (unpaired) electrons. The number of nitrogens with zero attached hydrogens (tertiary/aromatic N) is 5. The molecule has 54 heavy (non-hydrogen) atoms. The van der Waals surface area contributed by atoms with Gasteiger partial charge in [0, 0.05) is 85.9 Å². The van der Waals surface area contributed by atoms with Gasteiger partial charge in [-0.05, 0) is 110 Å². The topological polar surface area (TPSA) is 166 Å². The maximum absolute atomic E-state index is 12.2. The molecule has 0 atom stereocenters. The predicted molar refractivity (Wildman–Crippen MR) is 232 cm³/mol. The van der Waals surface area contributed by atoms with Gasteiger partial charge in [-0.1, -0.05) is 28.1 Å². The molecule has 1 amide bonds. The zero-order valence-corrected chi connectivity index (χ0v) is 37.0. The van der Waals surface area contributed by atoms with Crippen LogP contribution in [0.3, 0.4) is 0 Å². The number of rotatable bonds is 6. The average molecular weight is 967 g/mol. The Kier molecular flexibility index (Phi) is 14.9. The van der Waals surface area contributed by atoms with E-state index in [0.29, 0.717) is 40.8 Å². The number of carbonyl (C=O) groups excluding carboxylic acids is 2. The Morgan fingerprint density at radius 2 is 1.61 bits per heavy atom. The van der Waals surface area contributed by atoms with Crippen molar-refractivity contribution in [2.75, 3.05) is 31.5 Å². The monoisotopic (exact) mass is 964 g/mol. The van der Waals surface area contributed by atoms with E-state index < -0.39 is 5.60 Å². The van der Waals surface area contributed by atoms with Crippen molar-refractivity contribution in [1.82, 2.24) is 34.6 Å². The molecule has 5 N–H and O–H groups in total. The van der Waals surface area contributed by atoms with Crippen molar-refractivity contribution in [1.29, 1.82) is 0 Å². The van der Waals surface area contributed by atoms with E-state index in [1.54, 1.807) is 41.7 Å². The van der Waals surface area contributed by atoms with Gasteiger partial charge in [0.15, 0.2) is 5.78 Å². The second-order valence-corrected chi connectivity index (χ2v) is 18.0. The second kappa shape index (κ2) is 18.9. The van der Waals surface area contributed by atoms with Crippen LogP contribution in [0.25, 0.3) is 33.3 Å². The molecule has 2 aliphatic rings. The van der Waals surface area contributed by atoms with Gasteiger partial charge < -0.3 is 35.2 Å². The van der Waals surface area contributed by atoms with E-state index in [-0.39, 0.29) is 18.9 Å². The standard InChI is InChI=1S/C20H23BrN4O2S.C9H6Br2N2O.C7H15BN2OS/c1-20(2,3)27-19(26)25-6-4-12(5-7-25)18-24-16(11-28-18)15-10-23-17-14(15)8-13(21)9-22-17;10-2-8(14)7-4-13-9-6(7)1-5(11)3-12-9;1-8(11)10-4-2-6(3-5-10)7(9)12/h8-12H,4-7H2,1-3H3,(H,22,23);1,3-4H,2H2,(H,12,13);6,11H,2-5H2,1H3,(H2,9,12). The van der Waals surface area contributed by atoms with Crippen molar-refractivity contribution < 1.29 is 19.3 Å². The summed E-state index contributed by atoms with van der Waals surface area (Å²) in [6.45, 7) is 10.7. The maximum atomic E-state index is 12.2. The molecule has 288 valence electrons. The smallest absolute Gasteiger partial charge is 0.410 e. The van der Waals surface area contributed by atoms with Crippen molar-refractivity contribution in [3.63, 3.8) is 0 Å². The van der Waals surface area contributed by atoms with Crippen LogP contribution in [0.5, 0.6) is 0 Å². The molecule has 5 aromatic rings. The average Bonchev–Trinajstić information content (AvgIpc) is 3.90. The van der Waals surface area contributed by atoms with Crippen LogP contribution in [0.4, 0.5) is 4.79 Å². The first-order chi connectivity index (χ1) is 25.6. The number of amides is 1. The molecule has 2 aliphatic heterocycles. The van der Waals surface area contributed by atoms with Crippen molar-refractivity contribution in [2.24, 2.45) is 11.7 Å². The summed E-state index contributed by atoms with van der Waals surface area (Å²) in [4.78, 5) is 47.8. The number of halogens is 3. The Morgan fingerprint density at radius 3 is 2.19 bits per heavy atom. The number of fused-ring (bicyclic) bond motifs is 2. The summed E-state index contributed by atoms with van der Waals surface area (Å²) in [6, 6.07) is 3.95. The third kappa shape index (κ3) is 11.2. The fraction of sp³-hybridized carbons (Fsp3) is 0.444. The van der Waals surface area contributed by atoms with Gasteiger partial charge in [-0.3, -0.25) is 4.79 Å². The minimum Gasteiger partial charge on any atom is -0.444 e. The number of aromatic nitrogens is 5. The molecule has 7 heterocycles. The summed E-state index contributed by atoms with van der Waals surface area (Å²) in [5.74, 6) is 0.818. The number of ketones is 1. The van der Waals surface area contributed by atoms with Crippen LogP contribution in [-0.4, -0.2) is 101 Å². The van der Waals surface area contributed by atoms with Crippen LogP contribution in [0.15, 0.2) is 51.2 Å². The zero-order valence-electron chi connectivity index (χ0n) is 30.6. The predicted octanol–water partition coefficient (Wildman–Crippen LogP) is 8.56. The number of hydrogen-bond acceptors (Lipinski definition) is 10. The molecule has 5 aromatic heterocycles. The number of thiocarbonyl (C=S) groups is 1. The van der Waals surface area contributed by atoms with Crippen LogP contribution >= 0.6 is 71.3 Å². The van der Waals surface area contributed by atoms with Gasteiger partial charge in [-0.25, -0.2) is 19.7 Å². The van der Waals surface area contributed by atoms with Crippen LogP contribution < -0.4 is 5.73 Å². The molecule has 12 nitrogen and oxygen atoms in total. The quantitative estimate of drug-likeness (QED) is 0.0561. The Labute approximate surface area is 349 Å². The summed E-state index contributed by atoms with van der Waals surface area (Å²) < 4.78 is 7.30. The van der Waals surface area contributed by atoms with Crippen molar-refractivity contribution in [3.8, 4) is 11.3 Å². The van der Waals surface area contributed by atoms with Gasteiger partial charge >= 0.3 is 13.1 Å². The number of likely N-dealkylation sites (tertiary alicyclic amines) is 1. The van der Waals surface area contributed by atoms with Gasteiger partial charge in [0.1, 0.15) is 16.9 Å². The van der Waals surface area contributed by atoms with E-state index in [9.17, 15) is 14.6 Å². The zero-order chi connectivity index (χ0) is 39.2. The van der Waals surface area contributed by atoms with E-state index in [2.05, 4.69) is 79.2 Å². The lowest BCUT2D eigenvalue weighted by molar-refractivity contribution is 0.0204. The van der Waals surface area contributed by atoms with E-state index in [1.165, 1.54) is 0 Å². The molecule has 0 aromatic carbocycles. The summed E-state index contributed by atoms with van der Waals surface area (Å²) >= 11 is 16.6. The van der Waals surface area contributed by atoms with E-state index >= 15 is 0 Å². The number of pyridine rings is 2. The van der Waals surface area contributed by atoms with E-state index in [4.69, 9.17) is 27.7 Å². The highest BCUT2D eigenvalue weighted by atomic mass is 79.9. The molecule has 0 spiro atoms. The van der Waals surface area contributed by atoms with E-state index in [0.717, 1.165) is 86.1 Å². The lowest BCUT2D eigenvalue weighted by Crippen LogP contribution is -2.44. The normalized spacial score (nSPS) is 15.7. The number of carbonyl (C=O) groups is 2. The van der Waals surface area contributed by atoms with Crippen LogP contribution in [0.2, 0.25) is 6.82 Å². The Balaban J connectivity index is 0.000000179. The lowest BCUT2D eigenvalue weighted by Gasteiger charge is -2.32. The van der Waals surface area contributed by atoms with Crippen LogP contribution in [0.1, 0.15) is 67.7 Å². The number of nitrogens with two attached hydrogens (primary N) is 1. The van der Waals surface area contributed by atoms with Gasteiger partial charge in [-0.2, -0.15) is 0 Å². The fourth-order valence-electron chi connectivity index (χ4n) is 6.26. The summed E-state index contributed by atoms with van der Waals surface area (Å²) in [5, 5.41) is 14.7. The molecular weight excluding hydrogens is 923 g/mol. The molecule has 0 aliphatic carbocycles. The first-order valence-electron chi connectivity index (χ1n) is 17.6. The van der Waals surface area contributed by atoms with Crippen LogP contribution in [0, 0.1) is 5.92 Å². The number of H-pyrrole nitrogens is 2. The minimum absolute atomic E-state index is 0.0520. The molecule has 2 fully saturated rings. The second-order valence-electron chi connectivity index (χ2n) is 14.2. The highest BCUT2D eigenvalue weighted by Gasteiger charge is 2.29. The fourth-order valence-corrected chi connectivity index (χ4v) is 8.45. The van der Waals surface area contributed by atoms with Gasteiger partial charge in [-0.15, -0.1) is 11.3 Å². The van der Waals surface area contributed by atoms with Crippen molar-refractivity contribution in [3.05, 3.63) is 61.8 Å². The highest BCUT2D eigenvalue weighted by molar-refractivity contribution is 9.10. The number of thiazole rings is 1. The Hall–Kier alpha value is -2.74. The summed E-state index contributed by atoms with van der Waals surface area (Å²) in [7, 11) is -0.336. The number of Topliss-reactive ketones (excluding diaryl/α,β-unsaturated/α-hetero) is 1. The van der Waals surface area contributed by atoms with Crippen molar-refractivity contribution >= 4 is 117 Å². The maximum Gasteiger partial charge on any atom is 0.410 e. The molecule has 0 saturated carbocycles. The van der Waals surface area contributed by atoms with Gasteiger partial charge in [0.05, 0.1) is 21.0 Å². The highest BCUT2D eigenvalue weighted by Crippen LogP contribution is 2.36. The van der Waals surface area contributed by atoms with Crippen molar-refractivity contribution in [2.45, 2.75) is 64.8 Å². The number of aromatic amines is 2. The minimum atomic E-state index is -0.457. The third-order valence-corrected chi connectivity index (χ3v) is 11.9. The number of hydrogen-bond donors (Lipinski definition) is 4. The first kappa shape index (κ1) is 42.4.